The van der Waals surface area contributed by atoms with Gasteiger partial charge >= 0.3 is 0 Å². The van der Waals surface area contributed by atoms with Crippen LogP contribution in [0.3, 0.4) is 0 Å². The van der Waals surface area contributed by atoms with E-state index in [1.165, 1.54) is 36.6 Å². The molecule has 0 aliphatic carbocycles. The molecule has 1 aromatic rings. The van der Waals surface area contributed by atoms with Gasteiger partial charge in [-0.1, -0.05) is 0 Å². The maximum atomic E-state index is 4.31. The van der Waals surface area contributed by atoms with Gasteiger partial charge in [0.1, 0.15) is 0 Å². The van der Waals surface area contributed by atoms with Crippen LogP contribution < -0.4 is 5.32 Å². The Morgan fingerprint density at radius 1 is 1.60 bits per heavy atom. The summed E-state index contributed by atoms with van der Waals surface area (Å²) in [4.78, 5) is 8.32. The van der Waals surface area contributed by atoms with Gasteiger partial charge in [0.2, 0.25) is 0 Å². The molecule has 3 heterocycles. The summed E-state index contributed by atoms with van der Waals surface area (Å²) in [6.07, 6.45) is 1.36. The fourth-order valence-corrected chi connectivity index (χ4v) is 3.57. The summed E-state index contributed by atoms with van der Waals surface area (Å²) < 4.78 is 0. The second kappa shape index (κ2) is 3.85. The van der Waals surface area contributed by atoms with E-state index in [1.807, 2.05) is 5.51 Å². The van der Waals surface area contributed by atoms with Gasteiger partial charge in [-0.25, -0.2) is 4.98 Å². The topological polar surface area (TPSA) is 28.2 Å². The van der Waals surface area contributed by atoms with Crippen LogP contribution in [0.4, 0.5) is 0 Å². The molecule has 0 saturated carbocycles. The van der Waals surface area contributed by atoms with Crippen molar-refractivity contribution in [2.75, 3.05) is 19.6 Å². The first kappa shape index (κ1) is 9.75. The predicted octanol–water partition coefficient (Wildman–Crippen LogP) is 1.25. The van der Waals surface area contributed by atoms with E-state index >= 15 is 0 Å². The molecule has 0 spiro atoms. The van der Waals surface area contributed by atoms with Gasteiger partial charge in [-0.3, -0.25) is 4.90 Å². The summed E-state index contributed by atoms with van der Waals surface area (Å²) in [5.74, 6) is 0.901. The Labute approximate surface area is 94.5 Å². The first-order chi connectivity index (χ1) is 7.33. The van der Waals surface area contributed by atoms with Crippen molar-refractivity contribution in [3.63, 3.8) is 0 Å². The minimum atomic E-state index is 0.762. The number of likely N-dealkylation sites (tertiary alicyclic amines) is 1. The molecule has 0 amide bonds. The van der Waals surface area contributed by atoms with Gasteiger partial charge in [0.15, 0.2) is 0 Å². The van der Waals surface area contributed by atoms with Gasteiger partial charge in [0.05, 0.1) is 11.2 Å². The number of nitrogens with one attached hydrogen (secondary N) is 1. The highest BCUT2D eigenvalue weighted by Gasteiger charge is 2.35. The third kappa shape index (κ3) is 1.82. The van der Waals surface area contributed by atoms with Crippen molar-refractivity contribution in [3.8, 4) is 0 Å². The molecule has 15 heavy (non-hydrogen) atoms. The fourth-order valence-electron chi connectivity index (χ4n) is 2.75. The average molecular weight is 223 g/mol. The molecular weight excluding hydrogens is 206 g/mol. The summed E-state index contributed by atoms with van der Waals surface area (Å²) in [7, 11) is 0. The summed E-state index contributed by atoms with van der Waals surface area (Å²) >= 11 is 1.79. The van der Waals surface area contributed by atoms with Crippen LogP contribution in [0.25, 0.3) is 0 Å². The number of hydrogen-bond acceptors (Lipinski definition) is 4. The van der Waals surface area contributed by atoms with Gasteiger partial charge in [0, 0.05) is 30.6 Å². The molecule has 3 rings (SSSR count). The molecule has 0 aromatic carbocycles. The standard InChI is InChI=1S/C11H17N3S/c1-8-11(15-7-13-8)6-14-4-9-2-3-12-10(9)5-14/h7,9-10,12H,2-6H2,1H3/t9-,10+/m0/s1. The van der Waals surface area contributed by atoms with E-state index in [0.29, 0.717) is 0 Å². The van der Waals surface area contributed by atoms with E-state index in [2.05, 4.69) is 22.1 Å². The van der Waals surface area contributed by atoms with Crippen LogP contribution in [-0.2, 0) is 6.54 Å². The second-order valence-electron chi connectivity index (χ2n) is 4.66. The molecule has 2 atom stereocenters. The largest absolute Gasteiger partial charge is 0.312 e. The summed E-state index contributed by atoms with van der Waals surface area (Å²) in [5, 5.41) is 3.59. The van der Waals surface area contributed by atoms with E-state index in [0.717, 1.165) is 18.5 Å². The summed E-state index contributed by atoms with van der Waals surface area (Å²) in [5.41, 5.74) is 3.17. The first-order valence-corrected chi connectivity index (χ1v) is 6.55. The molecule has 82 valence electrons. The van der Waals surface area contributed by atoms with Crippen LogP contribution in [0.5, 0.6) is 0 Å². The van der Waals surface area contributed by atoms with Gasteiger partial charge < -0.3 is 5.32 Å². The molecule has 2 fully saturated rings. The fraction of sp³-hybridized carbons (Fsp3) is 0.727. The number of aryl methyl sites for hydroxylation is 1. The molecule has 0 radical (unpaired) electrons. The molecular formula is C11H17N3S. The Balaban J connectivity index is 1.64. The minimum Gasteiger partial charge on any atom is -0.312 e. The van der Waals surface area contributed by atoms with Crippen LogP contribution in [0.1, 0.15) is 17.0 Å². The lowest BCUT2D eigenvalue weighted by Crippen LogP contribution is -2.29. The van der Waals surface area contributed by atoms with E-state index in [1.54, 1.807) is 11.3 Å². The first-order valence-electron chi connectivity index (χ1n) is 5.67. The number of nitrogens with zero attached hydrogens (tertiary/aromatic N) is 2. The highest BCUT2D eigenvalue weighted by atomic mass is 32.1. The van der Waals surface area contributed by atoms with Crippen molar-refractivity contribution in [1.82, 2.24) is 15.2 Å². The van der Waals surface area contributed by atoms with Crippen LogP contribution in [0.15, 0.2) is 5.51 Å². The SMILES string of the molecule is Cc1ncsc1CN1C[C@@H]2CCN[C@@H]2C1. The zero-order chi connectivity index (χ0) is 10.3. The average Bonchev–Trinajstić information content (AvgIpc) is 2.83. The van der Waals surface area contributed by atoms with Crippen molar-refractivity contribution in [3.05, 3.63) is 16.1 Å². The van der Waals surface area contributed by atoms with Gasteiger partial charge in [-0.2, -0.15) is 0 Å². The lowest BCUT2D eigenvalue weighted by Gasteiger charge is -2.15. The van der Waals surface area contributed by atoms with Crippen LogP contribution in [-0.4, -0.2) is 35.6 Å². The molecule has 2 aliphatic heterocycles. The normalized spacial score (nSPS) is 31.0. The van der Waals surface area contributed by atoms with Crippen molar-refractivity contribution < 1.29 is 0 Å². The van der Waals surface area contributed by atoms with E-state index < -0.39 is 0 Å². The van der Waals surface area contributed by atoms with E-state index in [9.17, 15) is 0 Å². The molecule has 0 unspecified atom stereocenters. The number of hydrogen-bond donors (Lipinski definition) is 1. The minimum absolute atomic E-state index is 0.762. The predicted molar refractivity (Wildman–Crippen MR) is 62.0 cm³/mol. The maximum Gasteiger partial charge on any atom is 0.0798 e. The van der Waals surface area contributed by atoms with Crippen LogP contribution in [0, 0.1) is 12.8 Å². The van der Waals surface area contributed by atoms with Gasteiger partial charge in [-0.15, -0.1) is 11.3 Å². The summed E-state index contributed by atoms with van der Waals surface area (Å²) in [6.45, 7) is 6.94. The Morgan fingerprint density at radius 2 is 2.53 bits per heavy atom. The number of thiazole rings is 1. The monoisotopic (exact) mass is 223 g/mol. The zero-order valence-corrected chi connectivity index (χ0v) is 9.89. The van der Waals surface area contributed by atoms with Crippen molar-refractivity contribution in [2.24, 2.45) is 5.92 Å². The summed E-state index contributed by atoms with van der Waals surface area (Å²) in [6, 6.07) is 0.762. The highest BCUT2D eigenvalue weighted by Crippen LogP contribution is 2.26. The van der Waals surface area contributed by atoms with Gasteiger partial charge in [0.25, 0.3) is 0 Å². The molecule has 2 saturated heterocycles. The molecule has 1 aromatic heterocycles. The highest BCUT2D eigenvalue weighted by molar-refractivity contribution is 7.09. The second-order valence-corrected chi connectivity index (χ2v) is 5.60. The molecule has 4 heteroatoms. The van der Waals surface area contributed by atoms with Crippen LogP contribution >= 0.6 is 11.3 Å². The van der Waals surface area contributed by atoms with Crippen molar-refractivity contribution in [1.29, 1.82) is 0 Å². The zero-order valence-electron chi connectivity index (χ0n) is 9.07. The molecule has 0 bridgehead atoms. The van der Waals surface area contributed by atoms with E-state index in [-0.39, 0.29) is 0 Å². The van der Waals surface area contributed by atoms with Gasteiger partial charge in [-0.05, 0) is 25.8 Å². The number of rotatable bonds is 2. The van der Waals surface area contributed by atoms with E-state index in [4.69, 9.17) is 0 Å². The molecule has 3 nitrogen and oxygen atoms in total. The quantitative estimate of drug-likeness (QED) is 0.818. The lowest BCUT2D eigenvalue weighted by atomic mass is 10.1. The Morgan fingerprint density at radius 3 is 3.27 bits per heavy atom. The van der Waals surface area contributed by atoms with Crippen molar-refractivity contribution >= 4 is 11.3 Å². The van der Waals surface area contributed by atoms with Crippen molar-refractivity contribution in [2.45, 2.75) is 25.9 Å². The third-order valence-electron chi connectivity index (χ3n) is 3.65. The lowest BCUT2D eigenvalue weighted by molar-refractivity contribution is 0.308. The third-order valence-corrected chi connectivity index (χ3v) is 4.57. The molecule has 2 aliphatic rings. The smallest absolute Gasteiger partial charge is 0.0798 e. The number of fused-ring (bicyclic) bond motifs is 1. The maximum absolute atomic E-state index is 4.31. The number of aromatic nitrogens is 1. The Kier molecular flexibility index (Phi) is 2.50. The van der Waals surface area contributed by atoms with Crippen LogP contribution in [0.2, 0.25) is 0 Å². The molecule has 1 N–H and O–H groups in total. The Hall–Kier alpha value is -0.450. The Bertz CT molecular complexity index is 337.